The molecule has 0 aliphatic heterocycles. The number of carboxylic acid groups (broad SMARTS) is 1. The number of carbonyl (C=O) groups is 2. The van der Waals surface area contributed by atoms with E-state index in [1.54, 1.807) is 24.3 Å². The Morgan fingerprint density at radius 3 is 2.00 bits per heavy atom. The summed E-state index contributed by atoms with van der Waals surface area (Å²) < 4.78 is 21.2. The minimum Gasteiger partial charge on any atom is -0.481 e. The van der Waals surface area contributed by atoms with Gasteiger partial charge in [0.2, 0.25) is 0 Å². The smallest absolute Gasteiger partial charge is 0.305 e. The molecule has 7 nitrogen and oxygen atoms in total. The fraction of sp³-hybridized carbons (Fsp3) is 0.524. The van der Waals surface area contributed by atoms with E-state index in [9.17, 15) is 9.59 Å². The molecule has 7 heteroatoms. The van der Waals surface area contributed by atoms with Gasteiger partial charge in [-0.3, -0.25) is 9.59 Å². The first-order valence-corrected chi connectivity index (χ1v) is 9.26. The lowest BCUT2D eigenvalue weighted by Gasteiger charge is -2.07. The van der Waals surface area contributed by atoms with Crippen LogP contribution in [0.2, 0.25) is 0 Å². The Kier molecular flexibility index (Phi) is 13.4. The van der Waals surface area contributed by atoms with Gasteiger partial charge in [0, 0.05) is 24.2 Å². The highest BCUT2D eigenvalue weighted by Gasteiger charge is 2.05. The highest BCUT2D eigenvalue weighted by molar-refractivity contribution is 5.96. The Labute approximate surface area is 165 Å². The van der Waals surface area contributed by atoms with Crippen LogP contribution >= 0.6 is 0 Å². The maximum atomic E-state index is 12.1. The molecule has 0 heterocycles. The number of hydrogen-bond acceptors (Lipinski definition) is 6. The second-order valence-corrected chi connectivity index (χ2v) is 5.85. The predicted octanol–water partition coefficient (Wildman–Crippen LogP) is 2.17. The fourth-order valence-corrected chi connectivity index (χ4v) is 2.18. The van der Waals surface area contributed by atoms with Crippen molar-refractivity contribution in [2.24, 2.45) is 0 Å². The number of hydrogen-bond donors (Lipinski definition) is 1. The Balaban J connectivity index is 1.87. The summed E-state index contributed by atoms with van der Waals surface area (Å²) in [5.41, 5.74) is 1.33. The SMILES string of the molecule is C#Cc1cccc(C(=O)CCCOCCOCCOCCOCCC(=O)O)c1. The summed E-state index contributed by atoms with van der Waals surface area (Å²) in [6.07, 6.45) is 6.39. The van der Waals surface area contributed by atoms with Gasteiger partial charge < -0.3 is 24.1 Å². The van der Waals surface area contributed by atoms with Gasteiger partial charge in [-0.2, -0.15) is 0 Å². The second kappa shape index (κ2) is 15.8. The minimum atomic E-state index is -0.877. The molecule has 28 heavy (non-hydrogen) atoms. The number of rotatable bonds is 17. The molecule has 0 aliphatic carbocycles. The van der Waals surface area contributed by atoms with Crippen LogP contribution in [0.1, 0.15) is 35.2 Å². The summed E-state index contributed by atoms with van der Waals surface area (Å²) in [4.78, 5) is 22.3. The molecule has 0 saturated carbocycles. The Morgan fingerprint density at radius 2 is 1.43 bits per heavy atom. The van der Waals surface area contributed by atoms with Crippen LogP contribution in [0.4, 0.5) is 0 Å². The van der Waals surface area contributed by atoms with E-state index in [-0.39, 0.29) is 18.8 Å². The third-order valence-electron chi connectivity index (χ3n) is 3.62. The average molecular weight is 392 g/mol. The first kappa shape index (κ1) is 23.8. The van der Waals surface area contributed by atoms with Gasteiger partial charge in [0.05, 0.1) is 52.7 Å². The summed E-state index contributed by atoms with van der Waals surface area (Å²) in [7, 11) is 0. The molecule has 154 valence electrons. The molecule has 1 N–H and O–H groups in total. The summed E-state index contributed by atoms with van der Waals surface area (Å²) in [5.74, 6) is 1.70. The number of ketones is 1. The van der Waals surface area contributed by atoms with Gasteiger partial charge in [0.1, 0.15) is 0 Å². The van der Waals surface area contributed by atoms with E-state index in [4.69, 9.17) is 30.5 Å². The van der Waals surface area contributed by atoms with Crippen LogP contribution in [0.3, 0.4) is 0 Å². The standard InChI is InChI=1S/C21H28O7/c1-2-18-5-3-6-19(17-18)20(22)7-4-9-25-11-13-27-15-16-28-14-12-26-10-8-21(23)24/h1,3,5-6,17H,4,7-16H2,(H,23,24). The maximum absolute atomic E-state index is 12.1. The maximum Gasteiger partial charge on any atom is 0.305 e. The molecule has 1 aromatic rings. The Bertz CT molecular complexity index is 621. The fourth-order valence-electron chi connectivity index (χ4n) is 2.18. The molecule has 1 aromatic carbocycles. The number of terminal acetylenes is 1. The second-order valence-electron chi connectivity index (χ2n) is 5.85. The predicted molar refractivity (Wildman–Crippen MR) is 103 cm³/mol. The van der Waals surface area contributed by atoms with Crippen molar-refractivity contribution in [1.82, 2.24) is 0 Å². The van der Waals surface area contributed by atoms with Gasteiger partial charge >= 0.3 is 5.97 Å². The Hall–Kier alpha value is -2.24. The lowest BCUT2D eigenvalue weighted by molar-refractivity contribution is -0.138. The van der Waals surface area contributed by atoms with Crippen molar-refractivity contribution < 1.29 is 33.6 Å². The summed E-state index contributed by atoms with van der Waals surface area (Å²) in [6.45, 7) is 3.25. The highest BCUT2D eigenvalue weighted by atomic mass is 16.6. The number of aliphatic carboxylic acids is 1. The summed E-state index contributed by atoms with van der Waals surface area (Å²) in [5, 5.41) is 8.44. The molecule has 0 amide bonds. The molecule has 0 aliphatic rings. The van der Waals surface area contributed by atoms with Gasteiger partial charge in [-0.15, -0.1) is 6.42 Å². The van der Waals surface area contributed by atoms with Crippen molar-refractivity contribution in [2.45, 2.75) is 19.3 Å². The van der Waals surface area contributed by atoms with Crippen molar-refractivity contribution in [1.29, 1.82) is 0 Å². The van der Waals surface area contributed by atoms with E-state index >= 15 is 0 Å². The molecule has 0 aromatic heterocycles. The van der Waals surface area contributed by atoms with Crippen LogP contribution in [0.5, 0.6) is 0 Å². The molecular formula is C21H28O7. The van der Waals surface area contributed by atoms with E-state index in [2.05, 4.69) is 5.92 Å². The topological polar surface area (TPSA) is 91.3 Å². The summed E-state index contributed by atoms with van der Waals surface area (Å²) >= 11 is 0. The van der Waals surface area contributed by atoms with Crippen LogP contribution in [0, 0.1) is 12.3 Å². The number of benzene rings is 1. The van der Waals surface area contributed by atoms with Crippen LogP contribution in [0.25, 0.3) is 0 Å². The monoisotopic (exact) mass is 392 g/mol. The van der Waals surface area contributed by atoms with Crippen molar-refractivity contribution >= 4 is 11.8 Å². The molecule has 0 radical (unpaired) electrons. The third kappa shape index (κ3) is 12.2. The lowest BCUT2D eigenvalue weighted by atomic mass is 10.0. The number of carbonyl (C=O) groups excluding carboxylic acids is 1. The largest absolute Gasteiger partial charge is 0.481 e. The number of Topliss-reactive ketones (excluding diaryl/α,β-unsaturated/α-hetero) is 1. The lowest BCUT2D eigenvalue weighted by Crippen LogP contribution is -2.13. The van der Waals surface area contributed by atoms with Gasteiger partial charge in [0.25, 0.3) is 0 Å². The zero-order chi connectivity index (χ0) is 20.5. The summed E-state index contributed by atoms with van der Waals surface area (Å²) in [6, 6.07) is 7.07. The molecule has 1 rings (SSSR count). The van der Waals surface area contributed by atoms with Crippen LogP contribution in [-0.2, 0) is 23.7 Å². The quantitative estimate of drug-likeness (QED) is 0.247. The van der Waals surface area contributed by atoms with Gasteiger partial charge in [-0.25, -0.2) is 0 Å². The van der Waals surface area contributed by atoms with Gasteiger partial charge in [0.15, 0.2) is 5.78 Å². The number of carboxylic acids is 1. The van der Waals surface area contributed by atoms with E-state index < -0.39 is 5.97 Å². The first-order chi connectivity index (χ1) is 13.6. The highest BCUT2D eigenvalue weighted by Crippen LogP contribution is 2.08. The van der Waals surface area contributed by atoms with Gasteiger partial charge in [-0.05, 0) is 18.6 Å². The molecule has 0 saturated heterocycles. The van der Waals surface area contributed by atoms with Crippen LogP contribution in [-0.4, -0.2) is 69.7 Å². The molecule has 0 unspecified atom stereocenters. The third-order valence-corrected chi connectivity index (χ3v) is 3.62. The Morgan fingerprint density at radius 1 is 0.857 bits per heavy atom. The van der Waals surface area contributed by atoms with Crippen LogP contribution < -0.4 is 0 Å². The molecular weight excluding hydrogens is 364 g/mol. The van der Waals surface area contributed by atoms with Crippen molar-refractivity contribution in [3.63, 3.8) is 0 Å². The zero-order valence-corrected chi connectivity index (χ0v) is 16.1. The van der Waals surface area contributed by atoms with Crippen molar-refractivity contribution in [2.75, 3.05) is 52.9 Å². The number of ether oxygens (including phenoxy) is 4. The van der Waals surface area contributed by atoms with E-state index in [1.165, 1.54) is 0 Å². The van der Waals surface area contributed by atoms with Crippen molar-refractivity contribution in [3.05, 3.63) is 35.4 Å². The zero-order valence-electron chi connectivity index (χ0n) is 16.1. The van der Waals surface area contributed by atoms with Gasteiger partial charge in [-0.1, -0.05) is 18.1 Å². The van der Waals surface area contributed by atoms with E-state index in [1.807, 2.05) is 0 Å². The van der Waals surface area contributed by atoms with Crippen molar-refractivity contribution in [3.8, 4) is 12.3 Å². The normalized spacial score (nSPS) is 10.5. The molecule has 0 bridgehead atoms. The van der Waals surface area contributed by atoms with E-state index in [0.29, 0.717) is 70.2 Å². The molecule has 0 atom stereocenters. The minimum absolute atomic E-state index is 0.00375. The van der Waals surface area contributed by atoms with E-state index in [0.717, 1.165) is 0 Å². The molecule has 0 fully saturated rings. The average Bonchev–Trinajstić information content (AvgIpc) is 2.70. The first-order valence-electron chi connectivity index (χ1n) is 9.26. The molecule has 0 spiro atoms. The van der Waals surface area contributed by atoms with Crippen LogP contribution in [0.15, 0.2) is 24.3 Å².